The molecule has 0 bridgehead atoms. The maximum atomic E-state index is 12.7. The number of pyridine rings is 1. The second-order valence-electron chi connectivity index (χ2n) is 5.40. The molecule has 0 fully saturated rings. The molecule has 3 rings (SSSR count). The van der Waals surface area contributed by atoms with E-state index in [0.29, 0.717) is 42.4 Å². The summed E-state index contributed by atoms with van der Waals surface area (Å²) < 4.78 is 2.61. The highest BCUT2D eigenvalue weighted by Gasteiger charge is 2.24. The Bertz CT molecular complexity index is 879. The minimum Gasteiger partial charge on any atom is -0.329 e. The van der Waals surface area contributed by atoms with Crippen molar-refractivity contribution >= 4 is 16.8 Å². The largest absolute Gasteiger partial charge is 0.332 e. The standard InChI is InChI=1S/C15H18N4O3/c1-2-18-13-12(14(21)19(7-6-16)15(18)22)9-4-3-5-11(20)10(9)8-17-13/h8H,2-7,16H2,1H3. The highest BCUT2D eigenvalue weighted by Crippen LogP contribution is 2.25. The van der Waals surface area contributed by atoms with E-state index in [1.54, 1.807) is 0 Å². The van der Waals surface area contributed by atoms with Gasteiger partial charge >= 0.3 is 5.69 Å². The number of rotatable bonds is 3. The number of Topliss-reactive ketones (excluding diaryl/α,β-unsaturated/α-hetero) is 1. The zero-order chi connectivity index (χ0) is 15.9. The van der Waals surface area contributed by atoms with Crippen molar-refractivity contribution in [1.82, 2.24) is 14.1 Å². The van der Waals surface area contributed by atoms with Crippen LogP contribution in [0.25, 0.3) is 11.0 Å². The molecule has 0 saturated carbocycles. The van der Waals surface area contributed by atoms with Crippen LogP contribution in [-0.4, -0.2) is 26.4 Å². The zero-order valence-electron chi connectivity index (χ0n) is 12.5. The van der Waals surface area contributed by atoms with Gasteiger partial charge in [0.15, 0.2) is 5.78 Å². The van der Waals surface area contributed by atoms with E-state index >= 15 is 0 Å². The fourth-order valence-corrected chi connectivity index (χ4v) is 3.10. The number of carbonyl (C=O) groups excluding carboxylic acids is 1. The van der Waals surface area contributed by atoms with Crippen LogP contribution in [0.4, 0.5) is 0 Å². The highest BCUT2D eigenvalue weighted by atomic mass is 16.2. The minimum absolute atomic E-state index is 0.00896. The molecule has 0 spiro atoms. The zero-order valence-corrected chi connectivity index (χ0v) is 12.5. The number of hydrogen-bond acceptors (Lipinski definition) is 5. The number of carbonyl (C=O) groups is 1. The van der Waals surface area contributed by atoms with Gasteiger partial charge in [-0.3, -0.25) is 18.7 Å². The number of fused-ring (bicyclic) bond motifs is 3. The molecule has 0 aromatic carbocycles. The van der Waals surface area contributed by atoms with Crippen LogP contribution in [0.3, 0.4) is 0 Å². The molecule has 1 aliphatic rings. The van der Waals surface area contributed by atoms with Crippen molar-refractivity contribution in [3.63, 3.8) is 0 Å². The molecule has 2 aromatic rings. The van der Waals surface area contributed by atoms with Gasteiger partial charge in [-0.05, 0) is 25.3 Å². The van der Waals surface area contributed by atoms with Crippen LogP contribution in [-0.2, 0) is 19.5 Å². The topological polar surface area (TPSA) is 100.0 Å². The molecule has 7 nitrogen and oxygen atoms in total. The Kier molecular flexibility index (Phi) is 3.66. The van der Waals surface area contributed by atoms with Crippen molar-refractivity contribution in [3.8, 4) is 0 Å². The minimum atomic E-state index is -0.403. The van der Waals surface area contributed by atoms with E-state index in [1.807, 2.05) is 6.92 Å². The van der Waals surface area contributed by atoms with E-state index in [9.17, 15) is 14.4 Å². The number of aromatic nitrogens is 3. The summed E-state index contributed by atoms with van der Waals surface area (Å²) in [7, 11) is 0. The second kappa shape index (κ2) is 5.49. The summed E-state index contributed by atoms with van der Waals surface area (Å²) in [5.41, 5.74) is 6.31. The Morgan fingerprint density at radius 1 is 1.23 bits per heavy atom. The van der Waals surface area contributed by atoms with Crippen LogP contribution in [0.1, 0.15) is 35.7 Å². The number of aryl methyl sites for hydroxylation is 2. The average molecular weight is 302 g/mol. The molecule has 0 radical (unpaired) electrons. The molecule has 0 amide bonds. The van der Waals surface area contributed by atoms with Gasteiger partial charge in [-0.2, -0.15) is 0 Å². The Hall–Kier alpha value is -2.28. The molecule has 116 valence electrons. The van der Waals surface area contributed by atoms with Crippen molar-refractivity contribution in [3.05, 3.63) is 38.2 Å². The molecule has 22 heavy (non-hydrogen) atoms. The first kappa shape index (κ1) is 14.6. The van der Waals surface area contributed by atoms with Crippen molar-refractivity contribution in [2.75, 3.05) is 6.54 Å². The third kappa shape index (κ3) is 2.00. The fraction of sp³-hybridized carbons (Fsp3) is 0.467. The van der Waals surface area contributed by atoms with Crippen molar-refractivity contribution < 1.29 is 4.79 Å². The highest BCUT2D eigenvalue weighted by molar-refractivity contribution is 6.01. The molecule has 2 aromatic heterocycles. The lowest BCUT2D eigenvalue weighted by Crippen LogP contribution is -2.42. The lowest BCUT2D eigenvalue weighted by Gasteiger charge is -2.18. The molecule has 7 heteroatoms. The summed E-state index contributed by atoms with van der Waals surface area (Å²) in [6.45, 7) is 2.58. The van der Waals surface area contributed by atoms with Gasteiger partial charge in [0.2, 0.25) is 0 Å². The van der Waals surface area contributed by atoms with Crippen LogP contribution in [0, 0.1) is 0 Å². The Morgan fingerprint density at radius 2 is 2.00 bits per heavy atom. The molecule has 0 aliphatic heterocycles. The fourth-order valence-electron chi connectivity index (χ4n) is 3.10. The van der Waals surface area contributed by atoms with Gasteiger partial charge in [-0.1, -0.05) is 0 Å². The molecule has 1 aliphatic carbocycles. The normalized spacial score (nSPS) is 14.4. The summed E-state index contributed by atoms with van der Waals surface area (Å²) in [6, 6.07) is 0. The van der Waals surface area contributed by atoms with E-state index < -0.39 is 11.2 Å². The number of nitrogens with zero attached hydrogens (tertiary/aromatic N) is 3. The van der Waals surface area contributed by atoms with Crippen LogP contribution in [0.2, 0.25) is 0 Å². The van der Waals surface area contributed by atoms with Crippen LogP contribution < -0.4 is 17.0 Å². The summed E-state index contributed by atoms with van der Waals surface area (Å²) in [4.78, 5) is 41.4. The number of ketones is 1. The Balaban J connectivity index is 2.49. The van der Waals surface area contributed by atoms with E-state index in [0.717, 1.165) is 10.1 Å². The lowest BCUT2D eigenvalue weighted by atomic mass is 9.90. The molecule has 0 unspecified atom stereocenters. The quantitative estimate of drug-likeness (QED) is 0.864. The monoisotopic (exact) mass is 302 g/mol. The van der Waals surface area contributed by atoms with Gasteiger partial charge in [-0.15, -0.1) is 0 Å². The van der Waals surface area contributed by atoms with Crippen LogP contribution >= 0.6 is 0 Å². The summed E-state index contributed by atoms with van der Waals surface area (Å²) in [5.74, 6) is 0.00896. The first-order valence-electron chi connectivity index (χ1n) is 7.48. The third-order valence-electron chi connectivity index (χ3n) is 4.14. The van der Waals surface area contributed by atoms with Crippen LogP contribution in [0.5, 0.6) is 0 Å². The molecule has 0 atom stereocenters. The molecule has 2 N–H and O–H groups in total. The molecular formula is C15H18N4O3. The van der Waals surface area contributed by atoms with Crippen molar-refractivity contribution in [2.24, 2.45) is 5.73 Å². The van der Waals surface area contributed by atoms with Crippen molar-refractivity contribution in [2.45, 2.75) is 39.3 Å². The maximum absolute atomic E-state index is 12.7. The van der Waals surface area contributed by atoms with Crippen molar-refractivity contribution in [1.29, 1.82) is 0 Å². The Labute approximate surface area is 126 Å². The van der Waals surface area contributed by atoms with Crippen LogP contribution in [0.15, 0.2) is 15.8 Å². The first-order valence-corrected chi connectivity index (χ1v) is 7.48. The lowest BCUT2D eigenvalue weighted by molar-refractivity contribution is 0.0972. The number of nitrogens with two attached hydrogens (primary N) is 1. The molecule has 0 saturated heterocycles. The smallest absolute Gasteiger partial charge is 0.329 e. The number of hydrogen-bond donors (Lipinski definition) is 1. The predicted octanol–water partition coefficient (Wildman–Crippen LogP) is 0.0558. The van der Waals surface area contributed by atoms with Gasteiger partial charge in [0.05, 0.1) is 5.39 Å². The first-order chi connectivity index (χ1) is 10.6. The summed E-state index contributed by atoms with van der Waals surface area (Å²) >= 11 is 0. The van der Waals surface area contributed by atoms with Gasteiger partial charge in [-0.25, -0.2) is 9.78 Å². The predicted molar refractivity (Wildman–Crippen MR) is 82.3 cm³/mol. The Morgan fingerprint density at radius 3 is 2.68 bits per heavy atom. The average Bonchev–Trinajstić information content (AvgIpc) is 2.51. The summed E-state index contributed by atoms with van der Waals surface area (Å²) in [6.07, 6.45) is 3.34. The second-order valence-corrected chi connectivity index (χ2v) is 5.40. The van der Waals surface area contributed by atoms with Gasteiger partial charge in [0.25, 0.3) is 5.56 Å². The van der Waals surface area contributed by atoms with E-state index in [2.05, 4.69) is 4.98 Å². The molecule has 2 heterocycles. The SMILES string of the molecule is CCn1c(=O)n(CCN)c(=O)c2c3c(cnc21)C(=O)CCC3. The maximum Gasteiger partial charge on any atom is 0.332 e. The molecular weight excluding hydrogens is 284 g/mol. The van der Waals surface area contributed by atoms with Gasteiger partial charge in [0.1, 0.15) is 5.65 Å². The van der Waals surface area contributed by atoms with E-state index in [-0.39, 0.29) is 18.9 Å². The third-order valence-corrected chi connectivity index (χ3v) is 4.14. The van der Waals surface area contributed by atoms with E-state index in [1.165, 1.54) is 10.8 Å². The van der Waals surface area contributed by atoms with E-state index in [4.69, 9.17) is 5.73 Å². The van der Waals surface area contributed by atoms with Gasteiger partial charge < -0.3 is 5.73 Å². The van der Waals surface area contributed by atoms with Gasteiger partial charge in [0, 0.05) is 37.8 Å². The summed E-state index contributed by atoms with van der Waals surface area (Å²) in [5, 5.41) is 0.389.